The van der Waals surface area contributed by atoms with Gasteiger partial charge >= 0.3 is 0 Å². The molecule has 0 spiro atoms. The molecule has 1 aliphatic carbocycles. The zero-order chi connectivity index (χ0) is 14.8. The van der Waals surface area contributed by atoms with E-state index >= 15 is 0 Å². The molecule has 0 radical (unpaired) electrons. The predicted molar refractivity (Wildman–Crippen MR) is 92.6 cm³/mol. The summed E-state index contributed by atoms with van der Waals surface area (Å²) in [6.45, 7) is 5.13. The van der Waals surface area contributed by atoms with Crippen LogP contribution in [0.3, 0.4) is 0 Å². The van der Waals surface area contributed by atoms with Crippen LogP contribution in [0.1, 0.15) is 30.0 Å². The Bertz CT molecular complexity index is 510. The summed E-state index contributed by atoms with van der Waals surface area (Å²) in [7, 11) is 0. The van der Waals surface area contributed by atoms with Crippen LogP contribution in [-0.2, 0) is 11.2 Å². The Balaban J connectivity index is 1.45. The summed E-state index contributed by atoms with van der Waals surface area (Å²) in [4.78, 5) is 2.70. The van der Waals surface area contributed by atoms with Crippen molar-refractivity contribution in [3.63, 3.8) is 0 Å². The molecule has 4 rings (SSSR count). The minimum atomic E-state index is 0.353. The van der Waals surface area contributed by atoms with Crippen LogP contribution in [-0.4, -0.2) is 54.8 Å². The molecule has 2 heterocycles. The summed E-state index contributed by atoms with van der Waals surface area (Å²) in [5, 5.41) is 3.92. The van der Waals surface area contributed by atoms with E-state index in [1.165, 1.54) is 36.3 Å². The highest BCUT2D eigenvalue weighted by atomic mass is 32.2. The number of ether oxygens (including phenoxy) is 1. The van der Waals surface area contributed by atoms with E-state index in [2.05, 4.69) is 46.2 Å². The van der Waals surface area contributed by atoms with Crippen LogP contribution in [0.4, 0.5) is 0 Å². The Morgan fingerprint density at radius 2 is 2.14 bits per heavy atom. The van der Waals surface area contributed by atoms with Crippen LogP contribution in [0.25, 0.3) is 0 Å². The molecule has 2 saturated heterocycles. The molecule has 1 aromatic rings. The van der Waals surface area contributed by atoms with Gasteiger partial charge in [0.25, 0.3) is 0 Å². The molecule has 2 unspecified atom stereocenters. The fourth-order valence-electron chi connectivity index (χ4n) is 4.22. The molecule has 22 heavy (non-hydrogen) atoms. The second-order valence-corrected chi connectivity index (χ2v) is 7.90. The maximum Gasteiger partial charge on any atom is 0.0594 e. The molecule has 2 fully saturated rings. The maximum atomic E-state index is 5.56. The lowest BCUT2D eigenvalue weighted by atomic mass is 9.94. The smallest absolute Gasteiger partial charge is 0.0594 e. The molecule has 2 aliphatic heterocycles. The molecular weight excluding hydrogens is 292 g/mol. The van der Waals surface area contributed by atoms with Gasteiger partial charge in [-0.05, 0) is 36.1 Å². The SMILES string of the molecule is c1ccc2c(c1)CCC2NCC1(N2CCOCC2)CCSC1. The van der Waals surface area contributed by atoms with Gasteiger partial charge in [0.15, 0.2) is 0 Å². The van der Waals surface area contributed by atoms with E-state index in [1.807, 2.05) is 0 Å². The molecule has 3 aliphatic rings. The maximum absolute atomic E-state index is 5.56. The van der Waals surface area contributed by atoms with Gasteiger partial charge in [-0.15, -0.1) is 0 Å². The number of benzene rings is 1. The Hall–Kier alpha value is -0.550. The third-order valence-electron chi connectivity index (χ3n) is 5.57. The van der Waals surface area contributed by atoms with Gasteiger partial charge in [-0.3, -0.25) is 4.90 Å². The normalized spacial score (nSPS) is 32.3. The minimum Gasteiger partial charge on any atom is -0.379 e. The molecule has 1 aromatic carbocycles. The van der Waals surface area contributed by atoms with Crippen molar-refractivity contribution in [2.75, 3.05) is 44.4 Å². The highest BCUT2D eigenvalue weighted by Gasteiger charge is 2.41. The van der Waals surface area contributed by atoms with Crippen molar-refractivity contribution in [2.24, 2.45) is 0 Å². The summed E-state index contributed by atoms with van der Waals surface area (Å²) >= 11 is 2.12. The molecule has 120 valence electrons. The fourth-order valence-corrected chi connectivity index (χ4v) is 5.69. The van der Waals surface area contributed by atoms with E-state index in [1.54, 1.807) is 5.56 Å². The fraction of sp³-hybridized carbons (Fsp3) is 0.667. The number of thioether (sulfide) groups is 1. The summed E-state index contributed by atoms with van der Waals surface area (Å²) < 4.78 is 5.56. The van der Waals surface area contributed by atoms with Gasteiger partial charge < -0.3 is 10.1 Å². The minimum absolute atomic E-state index is 0.353. The first kappa shape index (κ1) is 15.0. The number of rotatable bonds is 4. The van der Waals surface area contributed by atoms with Crippen LogP contribution < -0.4 is 5.32 Å². The van der Waals surface area contributed by atoms with Crippen molar-refractivity contribution in [1.29, 1.82) is 0 Å². The van der Waals surface area contributed by atoms with Gasteiger partial charge in [-0.2, -0.15) is 11.8 Å². The van der Waals surface area contributed by atoms with Crippen LogP contribution in [0, 0.1) is 0 Å². The van der Waals surface area contributed by atoms with Crippen molar-refractivity contribution in [3.8, 4) is 0 Å². The van der Waals surface area contributed by atoms with Gasteiger partial charge in [0.05, 0.1) is 13.2 Å². The van der Waals surface area contributed by atoms with Crippen LogP contribution in [0.2, 0.25) is 0 Å². The second kappa shape index (κ2) is 6.52. The number of aryl methyl sites for hydroxylation is 1. The monoisotopic (exact) mass is 318 g/mol. The molecule has 2 atom stereocenters. The van der Waals surface area contributed by atoms with E-state index in [0.717, 1.165) is 32.8 Å². The summed E-state index contributed by atoms with van der Waals surface area (Å²) in [6, 6.07) is 9.51. The molecule has 0 saturated carbocycles. The average molecular weight is 318 g/mol. The van der Waals surface area contributed by atoms with E-state index in [4.69, 9.17) is 4.74 Å². The Morgan fingerprint density at radius 1 is 1.27 bits per heavy atom. The van der Waals surface area contributed by atoms with Crippen LogP contribution >= 0.6 is 11.8 Å². The lowest BCUT2D eigenvalue weighted by molar-refractivity contribution is -0.0141. The van der Waals surface area contributed by atoms with E-state index in [0.29, 0.717) is 11.6 Å². The average Bonchev–Trinajstić information content (AvgIpc) is 3.22. The first-order valence-corrected chi connectivity index (χ1v) is 9.75. The van der Waals surface area contributed by atoms with Crippen molar-refractivity contribution < 1.29 is 4.74 Å². The first-order valence-electron chi connectivity index (χ1n) is 8.59. The quantitative estimate of drug-likeness (QED) is 0.922. The third kappa shape index (κ3) is 2.82. The molecule has 0 bridgehead atoms. The predicted octanol–water partition coefficient (Wildman–Crippen LogP) is 2.47. The Kier molecular flexibility index (Phi) is 4.45. The largest absolute Gasteiger partial charge is 0.379 e. The lowest BCUT2D eigenvalue weighted by Crippen LogP contribution is -2.58. The van der Waals surface area contributed by atoms with Gasteiger partial charge in [0.1, 0.15) is 0 Å². The van der Waals surface area contributed by atoms with Crippen molar-refractivity contribution in [3.05, 3.63) is 35.4 Å². The van der Waals surface area contributed by atoms with Gasteiger partial charge in [-0.1, -0.05) is 24.3 Å². The molecule has 1 N–H and O–H groups in total. The van der Waals surface area contributed by atoms with Gasteiger partial charge in [0.2, 0.25) is 0 Å². The standard InChI is InChI=1S/C18H26N2OS/c1-2-4-16-15(3-1)5-6-17(16)19-13-18(7-12-22-14-18)20-8-10-21-11-9-20/h1-4,17,19H,5-14H2. The molecular formula is C18H26N2OS. The topological polar surface area (TPSA) is 24.5 Å². The molecule has 4 heteroatoms. The number of hydrogen-bond donors (Lipinski definition) is 1. The number of nitrogens with one attached hydrogen (secondary N) is 1. The van der Waals surface area contributed by atoms with Crippen molar-refractivity contribution in [1.82, 2.24) is 10.2 Å². The number of nitrogens with zero attached hydrogens (tertiary/aromatic N) is 1. The molecule has 0 amide bonds. The van der Waals surface area contributed by atoms with Crippen molar-refractivity contribution in [2.45, 2.75) is 30.8 Å². The Labute approximate surface area is 137 Å². The summed E-state index contributed by atoms with van der Waals surface area (Å²) in [5.41, 5.74) is 3.43. The molecule has 0 aromatic heterocycles. The molecule has 3 nitrogen and oxygen atoms in total. The zero-order valence-electron chi connectivity index (χ0n) is 13.2. The highest BCUT2D eigenvalue weighted by Crippen LogP contribution is 2.36. The van der Waals surface area contributed by atoms with Crippen molar-refractivity contribution >= 4 is 11.8 Å². The van der Waals surface area contributed by atoms with E-state index in [9.17, 15) is 0 Å². The summed E-state index contributed by atoms with van der Waals surface area (Å²) in [5.74, 6) is 2.58. The lowest BCUT2D eigenvalue weighted by Gasteiger charge is -2.43. The van der Waals surface area contributed by atoms with Gasteiger partial charge in [0, 0.05) is 37.0 Å². The number of hydrogen-bond acceptors (Lipinski definition) is 4. The van der Waals surface area contributed by atoms with Crippen LogP contribution in [0.5, 0.6) is 0 Å². The number of morpholine rings is 1. The van der Waals surface area contributed by atoms with Gasteiger partial charge in [-0.25, -0.2) is 0 Å². The second-order valence-electron chi connectivity index (χ2n) is 6.80. The highest BCUT2D eigenvalue weighted by molar-refractivity contribution is 7.99. The first-order chi connectivity index (χ1) is 10.9. The number of fused-ring (bicyclic) bond motifs is 1. The van der Waals surface area contributed by atoms with E-state index < -0.39 is 0 Å². The van der Waals surface area contributed by atoms with E-state index in [-0.39, 0.29) is 0 Å². The third-order valence-corrected chi connectivity index (χ3v) is 6.81. The Morgan fingerprint density at radius 3 is 2.95 bits per heavy atom. The van der Waals surface area contributed by atoms with Crippen LogP contribution in [0.15, 0.2) is 24.3 Å². The summed E-state index contributed by atoms with van der Waals surface area (Å²) in [6.07, 6.45) is 3.80. The zero-order valence-corrected chi connectivity index (χ0v) is 14.0.